The SMILES string of the molecule is Cc1cnc(SCC(=O)c2sccc2Br)nc1. The zero-order chi connectivity index (χ0) is 12.3. The van der Waals surface area contributed by atoms with Crippen molar-refractivity contribution in [3.8, 4) is 0 Å². The molecule has 0 saturated carbocycles. The molecule has 0 radical (unpaired) electrons. The monoisotopic (exact) mass is 328 g/mol. The van der Waals surface area contributed by atoms with Crippen LogP contribution in [0.5, 0.6) is 0 Å². The third-order valence-electron chi connectivity index (χ3n) is 1.96. The first-order chi connectivity index (χ1) is 8.16. The van der Waals surface area contributed by atoms with E-state index in [4.69, 9.17) is 0 Å². The molecule has 0 spiro atoms. The van der Waals surface area contributed by atoms with Crippen molar-refractivity contribution < 1.29 is 4.79 Å². The van der Waals surface area contributed by atoms with Crippen LogP contribution < -0.4 is 0 Å². The lowest BCUT2D eigenvalue weighted by molar-refractivity contribution is 0.102. The lowest BCUT2D eigenvalue weighted by Crippen LogP contribution is -2.01. The van der Waals surface area contributed by atoms with Crippen LogP contribution in [0.15, 0.2) is 33.5 Å². The van der Waals surface area contributed by atoms with E-state index in [9.17, 15) is 4.79 Å². The van der Waals surface area contributed by atoms with Gasteiger partial charge >= 0.3 is 0 Å². The van der Waals surface area contributed by atoms with Crippen LogP contribution in [0.25, 0.3) is 0 Å². The average Bonchev–Trinajstić information content (AvgIpc) is 2.74. The molecule has 2 rings (SSSR count). The molecule has 0 fully saturated rings. The minimum Gasteiger partial charge on any atom is -0.292 e. The highest BCUT2D eigenvalue weighted by Crippen LogP contribution is 2.25. The highest BCUT2D eigenvalue weighted by molar-refractivity contribution is 9.10. The number of hydrogen-bond donors (Lipinski definition) is 0. The molecule has 0 aliphatic carbocycles. The summed E-state index contributed by atoms with van der Waals surface area (Å²) in [6.07, 6.45) is 3.50. The van der Waals surface area contributed by atoms with Gasteiger partial charge in [-0.1, -0.05) is 11.8 Å². The fraction of sp³-hybridized carbons (Fsp3) is 0.182. The maximum absolute atomic E-state index is 11.9. The smallest absolute Gasteiger partial charge is 0.187 e. The summed E-state index contributed by atoms with van der Waals surface area (Å²) in [5.74, 6) is 0.461. The number of carbonyl (C=O) groups excluding carboxylic acids is 1. The van der Waals surface area contributed by atoms with Gasteiger partial charge in [-0.25, -0.2) is 9.97 Å². The van der Waals surface area contributed by atoms with E-state index in [-0.39, 0.29) is 5.78 Å². The summed E-state index contributed by atoms with van der Waals surface area (Å²) in [6, 6.07) is 1.88. The molecule has 0 bridgehead atoms. The van der Waals surface area contributed by atoms with Crippen molar-refractivity contribution in [1.82, 2.24) is 9.97 Å². The quantitative estimate of drug-likeness (QED) is 0.488. The third kappa shape index (κ3) is 3.37. The van der Waals surface area contributed by atoms with Crippen LogP contribution >= 0.6 is 39.0 Å². The summed E-state index contributed by atoms with van der Waals surface area (Å²) in [5.41, 5.74) is 1.02. The molecule has 2 aromatic heterocycles. The van der Waals surface area contributed by atoms with Gasteiger partial charge in [0.25, 0.3) is 0 Å². The highest BCUT2D eigenvalue weighted by atomic mass is 79.9. The van der Waals surface area contributed by atoms with Crippen LogP contribution in [-0.2, 0) is 0 Å². The number of ketones is 1. The predicted octanol–water partition coefficient (Wildman–Crippen LogP) is 3.58. The minimum absolute atomic E-state index is 0.0982. The molecule has 0 N–H and O–H groups in total. The van der Waals surface area contributed by atoms with Crippen molar-refractivity contribution in [2.24, 2.45) is 0 Å². The number of Topliss-reactive ketones (excluding diaryl/α,β-unsaturated/α-hetero) is 1. The van der Waals surface area contributed by atoms with Gasteiger partial charge in [-0.05, 0) is 39.9 Å². The van der Waals surface area contributed by atoms with Crippen molar-refractivity contribution in [1.29, 1.82) is 0 Å². The molecule has 0 amide bonds. The third-order valence-corrected chi connectivity index (χ3v) is 4.71. The van der Waals surface area contributed by atoms with E-state index < -0.39 is 0 Å². The largest absolute Gasteiger partial charge is 0.292 e. The van der Waals surface area contributed by atoms with Crippen LogP contribution in [0.2, 0.25) is 0 Å². The summed E-state index contributed by atoms with van der Waals surface area (Å²) < 4.78 is 0.859. The minimum atomic E-state index is 0.0982. The normalized spacial score (nSPS) is 10.5. The number of thioether (sulfide) groups is 1. The Labute approximate surface area is 116 Å². The summed E-state index contributed by atoms with van der Waals surface area (Å²) in [5, 5.41) is 2.53. The number of carbonyl (C=O) groups is 1. The maximum atomic E-state index is 11.9. The standard InChI is InChI=1S/C11H9BrN2OS2/c1-7-4-13-11(14-5-7)17-6-9(15)10-8(12)2-3-16-10/h2-5H,6H2,1H3. The van der Waals surface area contributed by atoms with Crippen LogP contribution in [0.1, 0.15) is 15.2 Å². The summed E-state index contributed by atoms with van der Waals surface area (Å²) in [4.78, 5) is 20.9. The second-order valence-corrected chi connectivity index (χ2v) is 6.07. The second kappa shape index (κ2) is 5.75. The van der Waals surface area contributed by atoms with Crippen molar-refractivity contribution in [3.05, 3.63) is 38.8 Å². The van der Waals surface area contributed by atoms with Crippen molar-refractivity contribution in [2.75, 3.05) is 5.75 Å². The molecule has 0 atom stereocenters. The Hall–Kier alpha value is -0.720. The van der Waals surface area contributed by atoms with Gasteiger partial charge in [-0.3, -0.25) is 4.79 Å². The number of halogens is 1. The van der Waals surface area contributed by atoms with E-state index in [0.29, 0.717) is 10.9 Å². The molecule has 0 aromatic carbocycles. The van der Waals surface area contributed by atoms with Gasteiger partial charge in [0, 0.05) is 16.9 Å². The van der Waals surface area contributed by atoms with E-state index in [0.717, 1.165) is 14.9 Å². The first-order valence-corrected chi connectivity index (χ1v) is 7.50. The Balaban J connectivity index is 1.97. The van der Waals surface area contributed by atoms with Crippen molar-refractivity contribution in [2.45, 2.75) is 12.1 Å². The Morgan fingerprint density at radius 1 is 1.47 bits per heavy atom. The fourth-order valence-electron chi connectivity index (χ4n) is 1.14. The maximum Gasteiger partial charge on any atom is 0.187 e. The van der Waals surface area contributed by atoms with Crippen LogP contribution in [0, 0.1) is 6.92 Å². The van der Waals surface area contributed by atoms with E-state index in [2.05, 4.69) is 25.9 Å². The number of nitrogens with zero attached hydrogens (tertiary/aromatic N) is 2. The number of aryl methyl sites for hydroxylation is 1. The Bertz CT molecular complexity index is 525. The van der Waals surface area contributed by atoms with Gasteiger partial charge in [0.2, 0.25) is 0 Å². The van der Waals surface area contributed by atoms with Gasteiger partial charge in [0.05, 0.1) is 10.6 Å². The molecule has 0 aliphatic rings. The first-order valence-electron chi connectivity index (χ1n) is 4.84. The van der Waals surface area contributed by atoms with E-state index in [1.54, 1.807) is 12.4 Å². The number of rotatable bonds is 4. The van der Waals surface area contributed by atoms with E-state index in [1.807, 2.05) is 18.4 Å². The number of thiophene rings is 1. The lowest BCUT2D eigenvalue weighted by atomic mass is 10.3. The molecule has 2 heterocycles. The molecule has 0 aliphatic heterocycles. The van der Waals surface area contributed by atoms with Gasteiger partial charge < -0.3 is 0 Å². The average molecular weight is 329 g/mol. The molecule has 88 valence electrons. The van der Waals surface area contributed by atoms with E-state index >= 15 is 0 Å². The Kier molecular flexibility index (Phi) is 4.31. The predicted molar refractivity (Wildman–Crippen MR) is 73.8 cm³/mol. The number of aromatic nitrogens is 2. The van der Waals surface area contributed by atoms with Crippen molar-refractivity contribution in [3.63, 3.8) is 0 Å². The van der Waals surface area contributed by atoms with Gasteiger partial charge in [0.1, 0.15) is 0 Å². The topological polar surface area (TPSA) is 42.9 Å². The van der Waals surface area contributed by atoms with Gasteiger partial charge in [-0.2, -0.15) is 0 Å². The van der Waals surface area contributed by atoms with Crippen LogP contribution in [0.3, 0.4) is 0 Å². The Morgan fingerprint density at radius 2 is 2.18 bits per heavy atom. The van der Waals surface area contributed by atoms with Crippen molar-refractivity contribution >= 4 is 44.8 Å². The fourth-order valence-corrected chi connectivity index (χ4v) is 3.43. The summed E-state index contributed by atoms with van der Waals surface area (Å²) in [6.45, 7) is 1.93. The molecular formula is C11H9BrN2OS2. The second-order valence-electron chi connectivity index (χ2n) is 3.35. The molecule has 0 saturated heterocycles. The molecule has 3 nitrogen and oxygen atoms in total. The van der Waals surface area contributed by atoms with Crippen LogP contribution in [0.4, 0.5) is 0 Å². The van der Waals surface area contributed by atoms with Crippen LogP contribution in [-0.4, -0.2) is 21.5 Å². The molecule has 17 heavy (non-hydrogen) atoms. The molecule has 0 unspecified atom stereocenters. The molecule has 2 aromatic rings. The Morgan fingerprint density at radius 3 is 2.76 bits per heavy atom. The van der Waals surface area contributed by atoms with Gasteiger partial charge in [-0.15, -0.1) is 11.3 Å². The lowest BCUT2D eigenvalue weighted by Gasteiger charge is -1.99. The zero-order valence-electron chi connectivity index (χ0n) is 9.01. The summed E-state index contributed by atoms with van der Waals surface area (Å²) >= 11 is 6.15. The van der Waals surface area contributed by atoms with E-state index in [1.165, 1.54) is 23.1 Å². The molecule has 6 heteroatoms. The molecular weight excluding hydrogens is 320 g/mol. The van der Waals surface area contributed by atoms with Gasteiger partial charge in [0.15, 0.2) is 10.9 Å². The highest BCUT2D eigenvalue weighted by Gasteiger charge is 2.12. The zero-order valence-corrected chi connectivity index (χ0v) is 12.2. The summed E-state index contributed by atoms with van der Waals surface area (Å²) in [7, 11) is 0. The first kappa shape index (κ1) is 12.7. The number of hydrogen-bond acceptors (Lipinski definition) is 5.